The molecule has 1 aliphatic carbocycles. The zero-order valence-corrected chi connectivity index (χ0v) is 14.8. The summed E-state index contributed by atoms with van der Waals surface area (Å²) in [6.45, 7) is 4.17. The third-order valence-corrected chi connectivity index (χ3v) is 4.58. The maximum absolute atomic E-state index is 12.3. The molecule has 1 saturated carbocycles. The molecule has 0 saturated heterocycles. The smallest absolute Gasteiger partial charge is 0.262 e. The van der Waals surface area contributed by atoms with Gasteiger partial charge in [0.25, 0.3) is 5.91 Å². The van der Waals surface area contributed by atoms with E-state index in [1.807, 2.05) is 31.2 Å². The average molecular weight is 366 g/mol. The summed E-state index contributed by atoms with van der Waals surface area (Å²) in [6, 6.07) is 7.54. The van der Waals surface area contributed by atoms with Crippen molar-refractivity contribution in [3.63, 3.8) is 0 Å². The fourth-order valence-corrected chi connectivity index (χ4v) is 3.07. The van der Waals surface area contributed by atoms with Crippen molar-refractivity contribution in [1.82, 2.24) is 5.43 Å². The predicted molar refractivity (Wildman–Crippen MR) is 95.1 cm³/mol. The molecule has 4 nitrogen and oxygen atoms in total. The lowest BCUT2D eigenvalue weighted by Crippen LogP contribution is -2.37. The first-order chi connectivity index (χ1) is 10.6. The van der Waals surface area contributed by atoms with Crippen molar-refractivity contribution in [3.8, 4) is 0 Å². The number of halogens is 1. The fraction of sp³-hybridized carbons (Fsp3) is 0.529. The minimum Gasteiger partial charge on any atom is -0.374 e. The van der Waals surface area contributed by atoms with Crippen LogP contribution in [0.4, 0.5) is 5.69 Å². The number of carbonyl (C=O) groups excluding carboxylic acids is 1. The highest BCUT2D eigenvalue weighted by Crippen LogP contribution is 2.21. The van der Waals surface area contributed by atoms with E-state index < -0.39 is 0 Å². The highest BCUT2D eigenvalue weighted by Gasteiger charge is 2.19. The van der Waals surface area contributed by atoms with Gasteiger partial charge in [-0.15, -0.1) is 0 Å². The van der Waals surface area contributed by atoms with Crippen LogP contribution in [0, 0.1) is 5.92 Å². The number of anilines is 1. The van der Waals surface area contributed by atoms with Gasteiger partial charge in [0.15, 0.2) is 0 Å². The first kappa shape index (κ1) is 17.0. The van der Waals surface area contributed by atoms with Gasteiger partial charge in [-0.2, -0.15) is 5.10 Å². The van der Waals surface area contributed by atoms with Crippen LogP contribution in [0.15, 0.2) is 33.8 Å². The molecule has 2 atom stereocenters. The van der Waals surface area contributed by atoms with Gasteiger partial charge >= 0.3 is 0 Å². The summed E-state index contributed by atoms with van der Waals surface area (Å²) in [7, 11) is 0. The largest absolute Gasteiger partial charge is 0.374 e. The molecule has 22 heavy (non-hydrogen) atoms. The Morgan fingerprint density at radius 3 is 2.95 bits per heavy atom. The molecule has 0 aliphatic heterocycles. The van der Waals surface area contributed by atoms with Gasteiger partial charge in [0.2, 0.25) is 0 Å². The van der Waals surface area contributed by atoms with Gasteiger partial charge in [-0.05, 0) is 49.8 Å². The molecule has 2 unspecified atom stereocenters. The summed E-state index contributed by atoms with van der Waals surface area (Å²) >= 11 is 3.44. The maximum atomic E-state index is 12.3. The standard InChI is InChI=1S/C17H24BrN3O/c1-3-15(19-14-9-6-8-13(18)11-14)17(22)21-20-16-10-5-4-7-12(16)2/h6,8-9,11-12,15,19H,3-5,7,10H2,1-2H3,(H,21,22). The second-order valence-electron chi connectivity index (χ2n) is 5.84. The number of benzene rings is 1. The predicted octanol–water partition coefficient (Wildman–Crippen LogP) is 4.32. The Hall–Kier alpha value is -1.36. The van der Waals surface area contributed by atoms with Crippen LogP contribution in [0.2, 0.25) is 0 Å². The first-order valence-electron chi connectivity index (χ1n) is 7.98. The zero-order valence-electron chi connectivity index (χ0n) is 13.2. The lowest BCUT2D eigenvalue weighted by atomic mass is 9.89. The minimum atomic E-state index is -0.280. The van der Waals surface area contributed by atoms with Crippen LogP contribution < -0.4 is 10.7 Å². The molecule has 1 fully saturated rings. The third kappa shape index (κ3) is 4.83. The molecule has 0 aromatic heterocycles. The first-order valence-corrected chi connectivity index (χ1v) is 8.78. The summed E-state index contributed by atoms with van der Waals surface area (Å²) in [5.74, 6) is 0.403. The summed E-state index contributed by atoms with van der Waals surface area (Å²) in [5.41, 5.74) is 4.79. The van der Waals surface area contributed by atoms with Gasteiger partial charge in [0.1, 0.15) is 6.04 Å². The topological polar surface area (TPSA) is 53.5 Å². The SMILES string of the molecule is CCC(Nc1cccc(Br)c1)C(=O)NN=C1CCCCC1C. The summed E-state index contributed by atoms with van der Waals surface area (Å²) in [6.07, 6.45) is 5.31. The molecule has 2 rings (SSSR count). The van der Waals surface area contributed by atoms with Crippen LogP contribution in [0.25, 0.3) is 0 Å². The van der Waals surface area contributed by atoms with Crippen molar-refractivity contribution in [1.29, 1.82) is 0 Å². The molecular weight excluding hydrogens is 342 g/mol. The van der Waals surface area contributed by atoms with Crippen molar-refractivity contribution in [2.24, 2.45) is 11.0 Å². The average Bonchev–Trinajstić information content (AvgIpc) is 2.51. The van der Waals surface area contributed by atoms with Crippen LogP contribution in [0.3, 0.4) is 0 Å². The number of nitrogens with zero attached hydrogens (tertiary/aromatic N) is 1. The number of amides is 1. The Morgan fingerprint density at radius 1 is 1.45 bits per heavy atom. The third-order valence-electron chi connectivity index (χ3n) is 4.09. The summed E-state index contributed by atoms with van der Waals surface area (Å²) in [5, 5.41) is 7.62. The number of rotatable bonds is 5. The molecule has 2 N–H and O–H groups in total. The van der Waals surface area contributed by atoms with Crippen molar-refractivity contribution in [2.75, 3.05) is 5.32 Å². The van der Waals surface area contributed by atoms with Crippen LogP contribution in [-0.2, 0) is 4.79 Å². The van der Waals surface area contributed by atoms with E-state index in [-0.39, 0.29) is 11.9 Å². The molecule has 0 bridgehead atoms. The van der Waals surface area contributed by atoms with Gasteiger partial charge < -0.3 is 5.32 Å². The van der Waals surface area contributed by atoms with E-state index >= 15 is 0 Å². The van der Waals surface area contributed by atoms with Crippen LogP contribution in [0.5, 0.6) is 0 Å². The van der Waals surface area contributed by atoms with Crippen molar-refractivity contribution in [2.45, 2.75) is 52.0 Å². The van der Waals surface area contributed by atoms with Gasteiger partial charge in [0.05, 0.1) is 0 Å². The second kappa shape index (κ2) is 8.32. The van der Waals surface area contributed by atoms with Crippen molar-refractivity contribution >= 4 is 33.2 Å². The Balaban J connectivity index is 1.95. The highest BCUT2D eigenvalue weighted by atomic mass is 79.9. The van der Waals surface area contributed by atoms with E-state index in [2.05, 4.69) is 38.7 Å². The molecule has 0 spiro atoms. The van der Waals surface area contributed by atoms with E-state index in [1.165, 1.54) is 19.3 Å². The number of hydrogen-bond donors (Lipinski definition) is 2. The van der Waals surface area contributed by atoms with Gasteiger partial charge in [0, 0.05) is 15.9 Å². The second-order valence-corrected chi connectivity index (χ2v) is 6.76. The van der Waals surface area contributed by atoms with E-state index in [0.29, 0.717) is 12.3 Å². The number of carbonyl (C=O) groups is 1. The van der Waals surface area contributed by atoms with E-state index in [1.54, 1.807) is 0 Å². The van der Waals surface area contributed by atoms with Crippen molar-refractivity contribution in [3.05, 3.63) is 28.7 Å². The number of hydrogen-bond acceptors (Lipinski definition) is 3. The quantitative estimate of drug-likeness (QED) is 0.763. The fourth-order valence-electron chi connectivity index (χ4n) is 2.67. The van der Waals surface area contributed by atoms with E-state index in [0.717, 1.165) is 22.3 Å². The Kier molecular flexibility index (Phi) is 6.43. The Morgan fingerprint density at radius 2 is 2.27 bits per heavy atom. The number of hydrazone groups is 1. The minimum absolute atomic E-state index is 0.0762. The molecule has 1 aliphatic rings. The highest BCUT2D eigenvalue weighted by molar-refractivity contribution is 9.10. The summed E-state index contributed by atoms with van der Waals surface area (Å²) < 4.78 is 0.990. The monoisotopic (exact) mass is 365 g/mol. The Bertz CT molecular complexity index is 544. The normalized spacial score (nSPS) is 21.4. The Labute approximate surface area is 140 Å². The van der Waals surface area contributed by atoms with E-state index in [9.17, 15) is 4.79 Å². The maximum Gasteiger partial charge on any atom is 0.262 e. The van der Waals surface area contributed by atoms with Gasteiger partial charge in [-0.25, -0.2) is 5.43 Å². The molecule has 0 heterocycles. The molecular formula is C17H24BrN3O. The lowest BCUT2D eigenvalue weighted by Gasteiger charge is -2.21. The molecule has 1 aromatic rings. The zero-order chi connectivity index (χ0) is 15.9. The molecule has 0 radical (unpaired) electrons. The van der Waals surface area contributed by atoms with Crippen LogP contribution >= 0.6 is 15.9 Å². The molecule has 1 aromatic carbocycles. The van der Waals surface area contributed by atoms with Crippen LogP contribution in [-0.4, -0.2) is 17.7 Å². The van der Waals surface area contributed by atoms with Crippen LogP contribution in [0.1, 0.15) is 46.0 Å². The van der Waals surface area contributed by atoms with Crippen molar-refractivity contribution < 1.29 is 4.79 Å². The molecule has 120 valence electrons. The van der Waals surface area contributed by atoms with Gasteiger partial charge in [-0.3, -0.25) is 4.79 Å². The molecule has 1 amide bonds. The lowest BCUT2D eigenvalue weighted by molar-refractivity contribution is -0.121. The summed E-state index contributed by atoms with van der Waals surface area (Å²) in [4.78, 5) is 12.3. The molecule has 5 heteroatoms. The number of nitrogens with one attached hydrogen (secondary N) is 2. The van der Waals surface area contributed by atoms with Gasteiger partial charge in [-0.1, -0.05) is 42.3 Å². The van der Waals surface area contributed by atoms with E-state index in [4.69, 9.17) is 0 Å².